The van der Waals surface area contributed by atoms with Crippen LogP contribution in [0.3, 0.4) is 0 Å². The van der Waals surface area contributed by atoms with E-state index in [1.54, 1.807) is 11.3 Å². The van der Waals surface area contributed by atoms with Crippen LogP contribution < -0.4 is 5.32 Å². The van der Waals surface area contributed by atoms with E-state index in [1.807, 2.05) is 19.1 Å². The Morgan fingerprint density at radius 2 is 2.04 bits per heavy atom. The number of nitrogens with zero attached hydrogens (tertiary/aromatic N) is 2. The van der Waals surface area contributed by atoms with Crippen molar-refractivity contribution < 1.29 is 8.42 Å². The molecule has 1 aliphatic rings. The molecule has 27 heavy (non-hydrogen) atoms. The van der Waals surface area contributed by atoms with Gasteiger partial charge in [-0.1, -0.05) is 12.1 Å². The Bertz CT molecular complexity index is 1100. The second-order valence-electron chi connectivity index (χ2n) is 7.24. The Morgan fingerprint density at radius 1 is 1.22 bits per heavy atom. The van der Waals surface area contributed by atoms with E-state index in [-0.39, 0.29) is 17.5 Å². The summed E-state index contributed by atoms with van der Waals surface area (Å²) in [6, 6.07) is 10.4. The molecule has 3 heterocycles. The topological polar surface area (TPSA) is 64.0 Å². The van der Waals surface area contributed by atoms with Crippen molar-refractivity contribution in [2.24, 2.45) is 0 Å². The molecule has 1 aromatic carbocycles. The van der Waals surface area contributed by atoms with Gasteiger partial charge < -0.3 is 9.88 Å². The number of hydrogen-bond donors (Lipinski definition) is 1. The Kier molecular flexibility index (Phi) is 4.60. The highest BCUT2D eigenvalue weighted by Gasteiger charge is 2.31. The Morgan fingerprint density at radius 3 is 2.74 bits per heavy atom. The molecule has 1 N–H and O–H groups in total. The molecule has 0 saturated carbocycles. The molecule has 142 valence electrons. The second-order valence-corrected chi connectivity index (χ2v) is 10.3. The van der Waals surface area contributed by atoms with E-state index in [4.69, 9.17) is 4.98 Å². The summed E-state index contributed by atoms with van der Waals surface area (Å²) in [6.07, 6.45) is 0.690. The van der Waals surface area contributed by atoms with Crippen molar-refractivity contribution in [2.45, 2.75) is 33.2 Å². The first-order valence-electron chi connectivity index (χ1n) is 9.01. The lowest BCUT2D eigenvalue weighted by molar-refractivity contribution is 0.536. The Balaban J connectivity index is 1.61. The van der Waals surface area contributed by atoms with Gasteiger partial charge in [0.25, 0.3) is 0 Å². The number of sulfone groups is 1. The van der Waals surface area contributed by atoms with E-state index >= 15 is 0 Å². The number of aryl methyl sites for hydroxylation is 2. The average Bonchev–Trinajstić information content (AvgIpc) is 3.26. The summed E-state index contributed by atoms with van der Waals surface area (Å²) in [6.45, 7) is 6.16. The molecule has 0 unspecified atom stereocenters. The summed E-state index contributed by atoms with van der Waals surface area (Å²) in [4.78, 5) is 4.75. The lowest BCUT2D eigenvalue weighted by atomic mass is 10.2. The molecule has 0 radical (unpaired) electrons. The molecular weight excluding hydrogens is 378 g/mol. The summed E-state index contributed by atoms with van der Waals surface area (Å²) in [7, 11) is -2.91. The molecule has 0 bridgehead atoms. The van der Waals surface area contributed by atoms with Gasteiger partial charge in [-0.05, 0) is 51.0 Å². The monoisotopic (exact) mass is 401 g/mol. The molecule has 2 aromatic heterocycles. The van der Waals surface area contributed by atoms with Crippen molar-refractivity contribution in [2.75, 3.05) is 16.8 Å². The van der Waals surface area contributed by atoms with Crippen molar-refractivity contribution >= 4 is 32.0 Å². The van der Waals surface area contributed by atoms with Gasteiger partial charge in [0.2, 0.25) is 0 Å². The predicted molar refractivity (Wildman–Crippen MR) is 112 cm³/mol. The first-order chi connectivity index (χ1) is 12.8. The maximum absolute atomic E-state index is 11.9. The highest BCUT2D eigenvalue weighted by atomic mass is 32.2. The van der Waals surface area contributed by atoms with Gasteiger partial charge in [-0.2, -0.15) is 0 Å². The van der Waals surface area contributed by atoms with Gasteiger partial charge in [-0.3, -0.25) is 0 Å². The quantitative estimate of drug-likeness (QED) is 0.692. The van der Waals surface area contributed by atoms with Crippen LogP contribution in [0.4, 0.5) is 10.8 Å². The van der Waals surface area contributed by atoms with Crippen LogP contribution in [0.25, 0.3) is 11.3 Å². The minimum absolute atomic E-state index is 0.0345. The van der Waals surface area contributed by atoms with Crippen LogP contribution >= 0.6 is 11.3 Å². The van der Waals surface area contributed by atoms with E-state index in [0.29, 0.717) is 6.42 Å². The number of thiazole rings is 1. The zero-order valence-corrected chi connectivity index (χ0v) is 17.3. The van der Waals surface area contributed by atoms with Crippen molar-refractivity contribution in [1.82, 2.24) is 9.55 Å². The zero-order valence-electron chi connectivity index (χ0n) is 15.7. The fourth-order valence-corrected chi connectivity index (χ4v) is 6.31. The summed E-state index contributed by atoms with van der Waals surface area (Å²) in [5, 5.41) is 6.26. The molecule has 1 saturated heterocycles. The van der Waals surface area contributed by atoms with Crippen LogP contribution in [-0.2, 0) is 9.84 Å². The molecule has 1 atom stereocenters. The first kappa shape index (κ1) is 18.3. The third-order valence-corrected chi connectivity index (χ3v) is 7.62. The third-order valence-electron chi connectivity index (χ3n) is 5.11. The van der Waals surface area contributed by atoms with Crippen LogP contribution in [0.15, 0.2) is 35.7 Å². The van der Waals surface area contributed by atoms with Crippen LogP contribution in [0, 0.1) is 20.8 Å². The summed E-state index contributed by atoms with van der Waals surface area (Å²) in [5.41, 5.74) is 6.40. The molecule has 0 amide bonds. The number of anilines is 2. The summed E-state index contributed by atoms with van der Waals surface area (Å²) in [5.74, 6) is 0.519. The highest BCUT2D eigenvalue weighted by Crippen LogP contribution is 2.35. The van der Waals surface area contributed by atoms with Gasteiger partial charge in [0.05, 0.1) is 17.2 Å². The lowest BCUT2D eigenvalue weighted by Gasteiger charge is -2.16. The molecule has 7 heteroatoms. The summed E-state index contributed by atoms with van der Waals surface area (Å²) < 4.78 is 25.9. The van der Waals surface area contributed by atoms with Gasteiger partial charge in [0, 0.05) is 34.1 Å². The van der Waals surface area contributed by atoms with Crippen molar-refractivity contribution in [3.63, 3.8) is 0 Å². The molecule has 1 fully saturated rings. The Labute approximate surface area is 164 Å². The fraction of sp³-hybridized carbons (Fsp3) is 0.350. The molecular formula is C20H23N3O2S2. The standard InChI is InChI=1S/C20H23N3O2S2/c1-13-5-4-6-16(9-13)21-20-22-19(11-26-20)18-10-14(2)23(15(18)3)17-7-8-27(24,25)12-17/h4-6,9-11,17H,7-8,12H2,1-3H3,(H,21,22)/t17-/m0/s1. The second kappa shape index (κ2) is 6.80. The highest BCUT2D eigenvalue weighted by molar-refractivity contribution is 7.91. The van der Waals surface area contributed by atoms with E-state index < -0.39 is 9.84 Å². The zero-order chi connectivity index (χ0) is 19.2. The number of rotatable bonds is 4. The number of nitrogens with one attached hydrogen (secondary N) is 1. The normalized spacial score (nSPS) is 18.7. The maximum Gasteiger partial charge on any atom is 0.187 e. The molecule has 5 nitrogen and oxygen atoms in total. The summed E-state index contributed by atoms with van der Waals surface area (Å²) >= 11 is 1.57. The number of benzene rings is 1. The average molecular weight is 402 g/mol. The van der Waals surface area contributed by atoms with E-state index in [1.165, 1.54) is 5.56 Å². The smallest absolute Gasteiger partial charge is 0.187 e. The van der Waals surface area contributed by atoms with Crippen molar-refractivity contribution in [1.29, 1.82) is 0 Å². The largest absolute Gasteiger partial charge is 0.344 e. The Hall–Kier alpha value is -2.12. The first-order valence-corrected chi connectivity index (χ1v) is 11.7. The SMILES string of the molecule is Cc1cccc(Nc2nc(-c3cc(C)n([C@H]4CCS(=O)(=O)C4)c3C)cs2)c1. The van der Waals surface area contributed by atoms with E-state index in [9.17, 15) is 8.42 Å². The van der Waals surface area contributed by atoms with E-state index in [0.717, 1.165) is 33.5 Å². The van der Waals surface area contributed by atoms with Gasteiger partial charge in [-0.25, -0.2) is 13.4 Å². The van der Waals surface area contributed by atoms with Gasteiger partial charge in [0.1, 0.15) is 0 Å². The fourth-order valence-electron chi connectivity index (χ4n) is 3.88. The van der Waals surface area contributed by atoms with Gasteiger partial charge in [-0.15, -0.1) is 11.3 Å². The molecule has 3 aromatic rings. The van der Waals surface area contributed by atoms with Crippen LogP contribution in [-0.4, -0.2) is 29.5 Å². The number of aromatic nitrogens is 2. The molecule has 1 aliphatic heterocycles. The third kappa shape index (κ3) is 3.66. The van der Waals surface area contributed by atoms with Crippen molar-refractivity contribution in [3.05, 3.63) is 52.7 Å². The maximum atomic E-state index is 11.9. The minimum atomic E-state index is -2.91. The predicted octanol–water partition coefficient (Wildman–Crippen LogP) is 4.64. The van der Waals surface area contributed by atoms with Crippen LogP contribution in [0.2, 0.25) is 0 Å². The molecule has 0 aliphatic carbocycles. The molecule has 4 rings (SSSR count). The van der Waals surface area contributed by atoms with Crippen molar-refractivity contribution in [3.8, 4) is 11.3 Å². The number of hydrogen-bond acceptors (Lipinski definition) is 5. The van der Waals surface area contributed by atoms with Gasteiger partial charge >= 0.3 is 0 Å². The van der Waals surface area contributed by atoms with Crippen LogP contribution in [0.1, 0.15) is 29.4 Å². The lowest BCUT2D eigenvalue weighted by Crippen LogP contribution is -2.13. The van der Waals surface area contributed by atoms with Gasteiger partial charge in [0.15, 0.2) is 15.0 Å². The van der Waals surface area contributed by atoms with Crippen LogP contribution in [0.5, 0.6) is 0 Å². The molecule has 0 spiro atoms. The minimum Gasteiger partial charge on any atom is -0.344 e. The van der Waals surface area contributed by atoms with E-state index in [2.05, 4.69) is 47.3 Å².